The minimum atomic E-state index is -0.550. The quantitative estimate of drug-likeness (QED) is 0.144. The highest BCUT2D eigenvalue weighted by molar-refractivity contribution is 6.50. The fourth-order valence-electron chi connectivity index (χ4n) is 3.51. The molecular formula is C26H41NO3. The number of nitrogens with one attached hydrogen (secondary N) is 1. The van der Waals surface area contributed by atoms with Crippen LogP contribution in [0, 0.1) is 0 Å². The maximum Gasteiger partial charge on any atom is 0.233 e. The topological polar surface area (TPSA) is 66.4 Å². The van der Waals surface area contributed by atoms with E-state index in [1.165, 1.54) is 5.57 Å². The van der Waals surface area contributed by atoms with Crippen molar-refractivity contribution in [1.29, 1.82) is 0 Å². The Morgan fingerprint density at radius 1 is 0.900 bits per heavy atom. The summed E-state index contributed by atoms with van der Waals surface area (Å²) < 4.78 is 0. The molecule has 168 valence electrons. The molecule has 0 atom stereocenters. The Kier molecular flexibility index (Phi) is 12.1. The second-order valence-electron chi connectivity index (χ2n) is 8.50. The molecule has 0 saturated heterocycles. The standard InChI is InChI=1S/C26H41NO3/c1-6-8-10-15-21-23(27-18-11-9-7-2)24(28)22(26(30)25(21)29)17-16-20(5)14-12-13-19(3)4/h13,16,27-28H,6-12,14-15,17-18H2,1-5H3. The van der Waals surface area contributed by atoms with E-state index in [2.05, 4.69) is 39.1 Å². The van der Waals surface area contributed by atoms with Gasteiger partial charge in [-0.25, -0.2) is 0 Å². The Bertz CT molecular complexity index is 719. The summed E-state index contributed by atoms with van der Waals surface area (Å²) in [6.07, 6.45) is 12.9. The van der Waals surface area contributed by atoms with Crippen molar-refractivity contribution < 1.29 is 14.7 Å². The second-order valence-corrected chi connectivity index (χ2v) is 8.50. The van der Waals surface area contributed by atoms with Crippen LogP contribution in [0.3, 0.4) is 0 Å². The molecule has 30 heavy (non-hydrogen) atoms. The number of carbonyl (C=O) groups is 2. The fourth-order valence-corrected chi connectivity index (χ4v) is 3.51. The van der Waals surface area contributed by atoms with Crippen molar-refractivity contribution in [1.82, 2.24) is 5.32 Å². The molecule has 0 aliphatic heterocycles. The molecule has 0 bridgehead atoms. The number of aliphatic hydroxyl groups excluding tert-OH is 1. The van der Waals surface area contributed by atoms with Crippen LogP contribution in [0.25, 0.3) is 0 Å². The fraction of sp³-hybridized carbons (Fsp3) is 0.615. The lowest BCUT2D eigenvalue weighted by atomic mass is 9.87. The van der Waals surface area contributed by atoms with Crippen LogP contribution in [0.2, 0.25) is 0 Å². The molecule has 0 aromatic rings. The van der Waals surface area contributed by atoms with Gasteiger partial charge in [-0.05, 0) is 59.3 Å². The minimum absolute atomic E-state index is 0.0315. The average Bonchev–Trinajstić information content (AvgIpc) is 2.70. The zero-order chi connectivity index (χ0) is 22.5. The number of allylic oxidation sites excluding steroid dienone is 6. The summed E-state index contributed by atoms with van der Waals surface area (Å²) in [5.41, 5.74) is 3.60. The molecule has 0 heterocycles. The Labute approximate surface area is 183 Å². The van der Waals surface area contributed by atoms with Crippen LogP contribution < -0.4 is 5.32 Å². The van der Waals surface area contributed by atoms with Gasteiger partial charge in [0.05, 0.1) is 11.3 Å². The van der Waals surface area contributed by atoms with Crippen molar-refractivity contribution in [2.24, 2.45) is 0 Å². The van der Waals surface area contributed by atoms with Gasteiger partial charge in [0.25, 0.3) is 0 Å². The van der Waals surface area contributed by atoms with Crippen molar-refractivity contribution >= 4 is 11.6 Å². The Hall–Kier alpha value is -2.10. The van der Waals surface area contributed by atoms with Crippen LogP contribution in [-0.2, 0) is 9.59 Å². The molecule has 4 heteroatoms. The summed E-state index contributed by atoms with van der Waals surface area (Å²) in [5, 5.41) is 14.2. The lowest BCUT2D eigenvalue weighted by molar-refractivity contribution is -0.132. The Balaban J connectivity index is 3.07. The van der Waals surface area contributed by atoms with Crippen molar-refractivity contribution in [3.63, 3.8) is 0 Å². The van der Waals surface area contributed by atoms with E-state index in [-0.39, 0.29) is 11.3 Å². The van der Waals surface area contributed by atoms with Gasteiger partial charge in [0.2, 0.25) is 11.6 Å². The highest BCUT2D eigenvalue weighted by Crippen LogP contribution is 2.29. The van der Waals surface area contributed by atoms with E-state index in [0.717, 1.165) is 56.9 Å². The molecule has 1 rings (SSSR count). The van der Waals surface area contributed by atoms with Crippen molar-refractivity contribution in [3.05, 3.63) is 45.9 Å². The number of aliphatic hydroxyl groups is 1. The number of hydrogen-bond acceptors (Lipinski definition) is 4. The van der Waals surface area contributed by atoms with E-state index in [1.807, 2.05) is 13.0 Å². The normalized spacial score (nSPS) is 15.2. The number of hydrogen-bond donors (Lipinski definition) is 2. The molecule has 0 fully saturated rings. The average molecular weight is 416 g/mol. The Morgan fingerprint density at radius 3 is 2.17 bits per heavy atom. The van der Waals surface area contributed by atoms with Crippen LogP contribution in [0.1, 0.15) is 98.8 Å². The minimum Gasteiger partial charge on any atom is -0.505 e. The molecular weight excluding hydrogens is 374 g/mol. The molecule has 2 N–H and O–H groups in total. The third-order valence-corrected chi connectivity index (χ3v) is 5.44. The zero-order valence-electron chi connectivity index (χ0n) is 19.7. The molecule has 0 amide bonds. The Morgan fingerprint density at radius 2 is 1.53 bits per heavy atom. The maximum atomic E-state index is 12.8. The first-order chi connectivity index (χ1) is 14.3. The predicted octanol–water partition coefficient (Wildman–Crippen LogP) is 6.65. The van der Waals surface area contributed by atoms with E-state index in [9.17, 15) is 14.7 Å². The van der Waals surface area contributed by atoms with Gasteiger partial charge in [-0.1, -0.05) is 62.8 Å². The van der Waals surface area contributed by atoms with Crippen LogP contribution in [0.15, 0.2) is 45.9 Å². The third-order valence-electron chi connectivity index (χ3n) is 5.44. The van der Waals surface area contributed by atoms with Crippen molar-refractivity contribution in [2.75, 3.05) is 6.54 Å². The van der Waals surface area contributed by atoms with Crippen LogP contribution in [-0.4, -0.2) is 23.2 Å². The molecule has 0 aromatic carbocycles. The van der Waals surface area contributed by atoms with Gasteiger partial charge in [0, 0.05) is 12.1 Å². The first-order valence-corrected chi connectivity index (χ1v) is 11.6. The molecule has 0 spiro atoms. The van der Waals surface area contributed by atoms with Gasteiger partial charge in [-0.3, -0.25) is 9.59 Å². The van der Waals surface area contributed by atoms with E-state index >= 15 is 0 Å². The predicted molar refractivity (Wildman–Crippen MR) is 125 cm³/mol. The van der Waals surface area contributed by atoms with Crippen LogP contribution >= 0.6 is 0 Å². The number of unbranched alkanes of at least 4 members (excludes halogenated alkanes) is 4. The molecule has 4 nitrogen and oxygen atoms in total. The van der Waals surface area contributed by atoms with Gasteiger partial charge < -0.3 is 10.4 Å². The monoisotopic (exact) mass is 415 g/mol. The summed E-state index contributed by atoms with van der Waals surface area (Å²) >= 11 is 0. The van der Waals surface area contributed by atoms with Crippen LogP contribution in [0.5, 0.6) is 0 Å². The lowest BCUT2D eigenvalue weighted by Crippen LogP contribution is -2.32. The van der Waals surface area contributed by atoms with Gasteiger partial charge in [-0.2, -0.15) is 0 Å². The van der Waals surface area contributed by atoms with E-state index in [0.29, 0.717) is 30.7 Å². The number of carbonyl (C=O) groups excluding carboxylic acids is 2. The summed E-state index contributed by atoms with van der Waals surface area (Å²) in [6.45, 7) is 11.1. The summed E-state index contributed by atoms with van der Waals surface area (Å²) in [5.74, 6) is -1.03. The van der Waals surface area contributed by atoms with E-state index in [4.69, 9.17) is 0 Å². The molecule has 1 aliphatic carbocycles. The number of Topliss-reactive ketones (excluding diaryl/α,β-unsaturated/α-hetero) is 2. The highest BCUT2D eigenvalue weighted by atomic mass is 16.3. The molecule has 0 saturated carbocycles. The molecule has 0 aromatic heterocycles. The second kappa shape index (κ2) is 14.0. The van der Waals surface area contributed by atoms with E-state index in [1.54, 1.807) is 0 Å². The zero-order valence-corrected chi connectivity index (χ0v) is 19.7. The van der Waals surface area contributed by atoms with E-state index < -0.39 is 11.6 Å². The van der Waals surface area contributed by atoms with Crippen LogP contribution in [0.4, 0.5) is 0 Å². The van der Waals surface area contributed by atoms with Gasteiger partial charge in [0.15, 0.2) is 0 Å². The SMILES string of the molecule is CCCCCNC1=C(CCCCC)C(=O)C(=O)C(CC=C(C)CCC=C(C)C)=C1O. The summed E-state index contributed by atoms with van der Waals surface area (Å²) in [7, 11) is 0. The van der Waals surface area contributed by atoms with Gasteiger partial charge in [0.1, 0.15) is 5.76 Å². The molecule has 0 unspecified atom stereocenters. The highest BCUT2D eigenvalue weighted by Gasteiger charge is 2.34. The molecule has 0 radical (unpaired) electrons. The summed E-state index contributed by atoms with van der Waals surface area (Å²) in [6, 6.07) is 0. The third kappa shape index (κ3) is 8.33. The number of rotatable bonds is 14. The first kappa shape index (κ1) is 25.9. The van der Waals surface area contributed by atoms with Crippen molar-refractivity contribution in [2.45, 2.75) is 98.8 Å². The summed E-state index contributed by atoms with van der Waals surface area (Å²) in [4.78, 5) is 25.6. The largest absolute Gasteiger partial charge is 0.505 e. The van der Waals surface area contributed by atoms with Gasteiger partial charge >= 0.3 is 0 Å². The first-order valence-electron chi connectivity index (χ1n) is 11.6. The maximum absolute atomic E-state index is 12.8. The van der Waals surface area contributed by atoms with Gasteiger partial charge in [-0.15, -0.1) is 0 Å². The number of ketones is 2. The van der Waals surface area contributed by atoms with Crippen molar-refractivity contribution in [3.8, 4) is 0 Å². The molecule has 1 aliphatic rings. The lowest BCUT2D eigenvalue weighted by Gasteiger charge is -2.22. The smallest absolute Gasteiger partial charge is 0.233 e.